The molecule has 0 aromatic carbocycles. The molecular formula is C29H45NO2. The molecule has 6 rings (SSSR count). The van der Waals surface area contributed by atoms with Crippen LogP contribution in [0.15, 0.2) is 11.6 Å². The summed E-state index contributed by atoms with van der Waals surface area (Å²) in [6, 6.07) is 1.72. The molecular weight excluding hydrogens is 394 g/mol. The summed E-state index contributed by atoms with van der Waals surface area (Å²) >= 11 is 0. The van der Waals surface area contributed by atoms with E-state index in [1.54, 1.807) is 12.5 Å². The van der Waals surface area contributed by atoms with Gasteiger partial charge in [-0.25, -0.2) is 0 Å². The molecule has 0 amide bonds. The first-order valence-electron chi connectivity index (χ1n) is 13.8. The molecule has 3 heteroatoms. The number of carbonyl (C=O) groups is 1. The van der Waals surface area contributed by atoms with Crippen LogP contribution in [0.1, 0.15) is 92.4 Å². The van der Waals surface area contributed by atoms with Crippen molar-refractivity contribution in [2.75, 3.05) is 6.54 Å². The van der Waals surface area contributed by atoms with Crippen LogP contribution in [0.25, 0.3) is 0 Å². The Bertz CT molecular complexity index is 820. The van der Waals surface area contributed by atoms with Crippen molar-refractivity contribution in [3.05, 3.63) is 11.6 Å². The fourth-order valence-electron chi connectivity index (χ4n) is 10.7. The summed E-state index contributed by atoms with van der Waals surface area (Å²) in [5, 5.41) is 0. The van der Waals surface area contributed by atoms with Gasteiger partial charge in [-0.1, -0.05) is 39.3 Å². The maximum absolute atomic E-state index is 11.5. The average Bonchev–Trinajstić information content (AvgIpc) is 3.20. The fraction of sp³-hybridized carbons (Fsp3) is 0.897. The first-order valence-corrected chi connectivity index (χ1v) is 13.8. The summed E-state index contributed by atoms with van der Waals surface area (Å²) in [5.41, 5.74) is 2.51. The first kappa shape index (κ1) is 21.7. The van der Waals surface area contributed by atoms with Gasteiger partial charge in [0.15, 0.2) is 0 Å². The Labute approximate surface area is 195 Å². The van der Waals surface area contributed by atoms with Gasteiger partial charge in [0, 0.05) is 32.0 Å². The SMILES string of the molecule is CC(=O)O[C@H]1CC[C@@]2(C)C(=CC[C@@H]3[C@H]4C[C@@H]5[C@@H]([C@@H](C)[C@@H]6CC[C@@H](C)CN56)[C@@]4(C)CC[C@H]32)C1. The van der Waals surface area contributed by atoms with E-state index in [0.717, 1.165) is 60.4 Å². The smallest absolute Gasteiger partial charge is 0.302 e. The lowest BCUT2D eigenvalue weighted by Gasteiger charge is -2.58. The van der Waals surface area contributed by atoms with E-state index in [2.05, 4.69) is 38.7 Å². The minimum atomic E-state index is -0.113. The number of piperidine rings is 1. The summed E-state index contributed by atoms with van der Waals surface area (Å²) < 4.78 is 5.64. The van der Waals surface area contributed by atoms with E-state index in [1.807, 2.05) is 0 Å². The minimum Gasteiger partial charge on any atom is -0.462 e. The van der Waals surface area contributed by atoms with Crippen LogP contribution in [0.5, 0.6) is 0 Å². The van der Waals surface area contributed by atoms with E-state index in [-0.39, 0.29) is 12.1 Å². The van der Waals surface area contributed by atoms with E-state index in [1.165, 1.54) is 51.5 Å². The molecule has 0 radical (unpaired) electrons. The molecule has 2 saturated heterocycles. The molecule has 178 valence electrons. The maximum Gasteiger partial charge on any atom is 0.302 e. The molecule has 5 fully saturated rings. The highest BCUT2D eigenvalue weighted by atomic mass is 16.5. The Hall–Kier alpha value is -0.830. The number of ether oxygens (including phenoxy) is 1. The minimum absolute atomic E-state index is 0.113. The predicted molar refractivity (Wildman–Crippen MR) is 128 cm³/mol. The van der Waals surface area contributed by atoms with Crippen molar-refractivity contribution in [1.82, 2.24) is 4.90 Å². The molecule has 3 saturated carbocycles. The Balaban J connectivity index is 1.27. The van der Waals surface area contributed by atoms with E-state index in [4.69, 9.17) is 4.74 Å². The highest BCUT2D eigenvalue weighted by Gasteiger charge is 2.66. The zero-order valence-electron chi connectivity index (χ0n) is 21.1. The fourth-order valence-corrected chi connectivity index (χ4v) is 10.7. The van der Waals surface area contributed by atoms with Crippen LogP contribution in [-0.4, -0.2) is 35.6 Å². The Morgan fingerprint density at radius 2 is 1.88 bits per heavy atom. The van der Waals surface area contributed by atoms with Gasteiger partial charge in [0.2, 0.25) is 0 Å². The van der Waals surface area contributed by atoms with Crippen molar-refractivity contribution in [1.29, 1.82) is 0 Å². The molecule has 2 heterocycles. The van der Waals surface area contributed by atoms with Crippen molar-refractivity contribution >= 4 is 5.97 Å². The van der Waals surface area contributed by atoms with Gasteiger partial charge in [0.25, 0.3) is 0 Å². The molecule has 32 heavy (non-hydrogen) atoms. The van der Waals surface area contributed by atoms with Crippen LogP contribution < -0.4 is 0 Å². The highest BCUT2D eigenvalue weighted by Crippen LogP contribution is 2.69. The average molecular weight is 440 g/mol. The molecule has 11 atom stereocenters. The Morgan fingerprint density at radius 3 is 2.66 bits per heavy atom. The number of hydrogen-bond donors (Lipinski definition) is 0. The molecule has 0 aromatic rings. The zero-order valence-corrected chi connectivity index (χ0v) is 21.1. The number of rotatable bonds is 1. The van der Waals surface area contributed by atoms with Gasteiger partial charge in [-0.3, -0.25) is 9.69 Å². The summed E-state index contributed by atoms with van der Waals surface area (Å²) in [5.74, 6) is 5.17. The van der Waals surface area contributed by atoms with E-state index in [0.29, 0.717) is 10.8 Å². The molecule has 0 N–H and O–H groups in total. The maximum atomic E-state index is 11.5. The number of esters is 1. The summed E-state index contributed by atoms with van der Waals surface area (Å²) in [6.07, 6.45) is 14.4. The molecule has 3 nitrogen and oxygen atoms in total. The Kier molecular flexibility index (Phi) is 4.97. The standard InChI is InChI=1S/C29H45NO2/c1-17-6-9-25-18(2)27-26(30(25)16-17)15-24-22-8-7-20-14-21(32-19(3)31)10-12-28(20,4)23(22)11-13-29(24,27)5/h7,17-18,21-27H,6,8-16H2,1-5H3/t17-,18+,21+,22+,23-,24-,25+,26-,27-,28+,29+/m1/s1. The monoisotopic (exact) mass is 439 g/mol. The first-order chi connectivity index (χ1) is 15.2. The highest BCUT2D eigenvalue weighted by molar-refractivity contribution is 5.66. The third-order valence-corrected chi connectivity index (χ3v) is 12.0. The second-order valence-corrected chi connectivity index (χ2v) is 13.4. The topological polar surface area (TPSA) is 29.5 Å². The van der Waals surface area contributed by atoms with Crippen molar-refractivity contribution in [3.8, 4) is 0 Å². The van der Waals surface area contributed by atoms with Gasteiger partial charge >= 0.3 is 5.97 Å². The number of hydrogen-bond acceptors (Lipinski definition) is 3. The molecule has 6 aliphatic rings. The van der Waals surface area contributed by atoms with Crippen LogP contribution in [0.2, 0.25) is 0 Å². The van der Waals surface area contributed by atoms with E-state index >= 15 is 0 Å². The van der Waals surface area contributed by atoms with E-state index < -0.39 is 0 Å². The lowest BCUT2D eigenvalue weighted by Crippen LogP contribution is -2.51. The lowest BCUT2D eigenvalue weighted by molar-refractivity contribution is -0.148. The van der Waals surface area contributed by atoms with Crippen molar-refractivity contribution in [2.24, 2.45) is 46.3 Å². The van der Waals surface area contributed by atoms with Gasteiger partial charge in [-0.2, -0.15) is 0 Å². The number of nitrogens with zero attached hydrogens (tertiary/aromatic N) is 1. The second kappa shape index (κ2) is 7.33. The van der Waals surface area contributed by atoms with Gasteiger partial charge in [0.1, 0.15) is 6.10 Å². The van der Waals surface area contributed by atoms with Crippen LogP contribution in [0, 0.1) is 46.3 Å². The normalized spacial score (nSPS) is 54.5. The van der Waals surface area contributed by atoms with Gasteiger partial charge in [-0.05, 0) is 97.7 Å². The molecule has 0 aromatic heterocycles. The van der Waals surface area contributed by atoms with Crippen LogP contribution >= 0.6 is 0 Å². The molecule has 4 aliphatic carbocycles. The number of allylic oxidation sites excluding steroid dienone is 1. The molecule has 0 bridgehead atoms. The largest absolute Gasteiger partial charge is 0.462 e. The summed E-state index contributed by atoms with van der Waals surface area (Å²) in [6.45, 7) is 13.3. The van der Waals surface area contributed by atoms with Crippen molar-refractivity contribution in [2.45, 2.75) is 111 Å². The van der Waals surface area contributed by atoms with Gasteiger partial charge < -0.3 is 4.74 Å². The van der Waals surface area contributed by atoms with E-state index in [9.17, 15) is 4.79 Å². The van der Waals surface area contributed by atoms with Crippen LogP contribution in [0.3, 0.4) is 0 Å². The quantitative estimate of drug-likeness (QED) is 0.358. The third-order valence-electron chi connectivity index (χ3n) is 12.0. The van der Waals surface area contributed by atoms with Crippen molar-refractivity contribution in [3.63, 3.8) is 0 Å². The zero-order chi connectivity index (χ0) is 22.4. The van der Waals surface area contributed by atoms with Crippen LogP contribution in [0.4, 0.5) is 0 Å². The molecule has 0 spiro atoms. The summed E-state index contributed by atoms with van der Waals surface area (Å²) in [7, 11) is 0. The second-order valence-electron chi connectivity index (χ2n) is 13.4. The number of carbonyl (C=O) groups excluding carboxylic acids is 1. The third kappa shape index (κ3) is 2.91. The number of fused-ring (bicyclic) bond motifs is 9. The molecule has 2 aliphatic heterocycles. The Morgan fingerprint density at radius 1 is 1.06 bits per heavy atom. The van der Waals surface area contributed by atoms with Crippen LogP contribution in [-0.2, 0) is 9.53 Å². The van der Waals surface area contributed by atoms with Gasteiger partial charge in [-0.15, -0.1) is 0 Å². The summed E-state index contributed by atoms with van der Waals surface area (Å²) in [4.78, 5) is 14.5. The van der Waals surface area contributed by atoms with Crippen molar-refractivity contribution < 1.29 is 9.53 Å². The molecule has 0 unspecified atom stereocenters. The lowest BCUT2D eigenvalue weighted by atomic mass is 9.47. The van der Waals surface area contributed by atoms with Gasteiger partial charge in [0.05, 0.1) is 0 Å². The predicted octanol–water partition coefficient (Wildman–Crippen LogP) is 6.23.